The normalized spacial score (nSPS) is 14.2. The van der Waals surface area contributed by atoms with Crippen molar-refractivity contribution in [3.8, 4) is 0 Å². The van der Waals surface area contributed by atoms with Gasteiger partial charge in [-0.25, -0.2) is 9.13 Å². The van der Waals surface area contributed by atoms with Gasteiger partial charge in [-0.2, -0.15) is 0 Å². The second-order valence-corrected chi connectivity index (χ2v) is 29.9. The Morgan fingerprint density at radius 3 is 0.714 bits per heavy atom. The topological polar surface area (TPSA) is 237 Å². The molecule has 574 valence electrons. The number of unbranched alkanes of at least 4 members (excludes halogenated alkanes) is 42. The molecule has 0 rings (SSSR count). The average Bonchev–Trinajstić information content (AvgIpc) is 1.04. The van der Waals surface area contributed by atoms with E-state index in [0.29, 0.717) is 25.7 Å². The van der Waals surface area contributed by atoms with Gasteiger partial charge in [0.15, 0.2) is 12.2 Å². The fourth-order valence-electron chi connectivity index (χ4n) is 11.1. The van der Waals surface area contributed by atoms with Gasteiger partial charge in [0.2, 0.25) is 0 Å². The number of hydrogen-bond acceptors (Lipinski definition) is 15. The number of allylic oxidation sites excluding steroid dienone is 8. The molecule has 98 heavy (non-hydrogen) atoms. The van der Waals surface area contributed by atoms with Gasteiger partial charge in [0, 0.05) is 25.7 Å². The summed E-state index contributed by atoms with van der Waals surface area (Å²) in [7, 11) is -9.94. The number of esters is 4. The standard InChI is InChI=1S/C79H146O17P2/c1-5-9-13-17-21-25-29-33-36-40-44-48-52-56-60-64-77(82)90-70-75(96-79(84)66-62-58-54-50-46-42-38-35-31-27-23-19-15-11-7-3)72-94-98(87,88)92-68-73(80)67-91-97(85,86)93-71-74(69-89-76(81)63-59-55-51-47-43-39-32-28-24-20-16-12-8-4)95-78(83)65-61-57-53-49-45-41-37-34-30-26-22-18-14-10-6-2/h25,28-29,32,34-35,37-38,73-75,80H,5-24,26-27,30-31,33,36,39-72H2,1-4H3,(H,85,86)(H,87,88)/b29-25-,32-28-,37-34-,38-35-/t73-,74+,75+/m0/s1. The lowest BCUT2D eigenvalue weighted by Gasteiger charge is -2.21. The average molecular weight is 1430 g/mol. The number of ether oxygens (including phenoxy) is 4. The second-order valence-electron chi connectivity index (χ2n) is 27.0. The minimum atomic E-state index is -4.97. The number of aliphatic hydroxyl groups excluding tert-OH is 1. The molecule has 0 aromatic carbocycles. The third-order valence-electron chi connectivity index (χ3n) is 17.2. The van der Waals surface area contributed by atoms with Crippen LogP contribution in [0.4, 0.5) is 0 Å². The number of hydrogen-bond donors (Lipinski definition) is 3. The van der Waals surface area contributed by atoms with Crippen molar-refractivity contribution in [2.75, 3.05) is 39.6 Å². The number of aliphatic hydroxyl groups is 1. The van der Waals surface area contributed by atoms with E-state index in [4.69, 9.17) is 37.0 Å². The molecule has 0 saturated heterocycles. The maximum Gasteiger partial charge on any atom is 0.472 e. The Morgan fingerprint density at radius 1 is 0.276 bits per heavy atom. The Labute approximate surface area is 597 Å². The number of carbonyl (C=O) groups is 4. The van der Waals surface area contributed by atoms with Crippen LogP contribution in [0.5, 0.6) is 0 Å². The van der Waals surface area contributed by atoms with Crippen LogP contribution in [0.1, 0.15) is 374 Å². The molecule has 0 saturated carbocycles. The van der Waals surface area contributed by atoms with Gasteiger partial charge >= 0.3 is 39.5 Å². The van der Waals surface area contributed by atoms with Gasteiger partial charge in [0.05, 0.1) is 26.4 Å². The van der Waals surface area contributed by atoms with Gasteiger partial charge < -0.3 is 33.8 Å². The first kappa shape index (κ1) is 95.0. The molecule has 0 aromatic rings. The summed E-state index contributed by atoms with van der Waals surface area (Å²) >= 11 is 0. The van der Waals surface area contributed by atoms with Crippen molar-refractivity contribution < 1.29 is 80.2 Å². The van der Waals surface area contributed by atoms with Crippen LogP contribution in [0, 0.1) is 0 Å². The molecular formula is C79H146O17P2. The Balaban J connectivity index is 5.33. The summed E-state index contributed by atoms with van der Waals surface area (Å²) in [6, 6.07) is 0. The molecule has 0 heterocycles. The Hall–Kier alpha value is -2.98. The van der Waals surface area contributed by atoms with Gasteiger partial charge in [0.1, 0.15) is 19.3 Å². The molecular weight excluding hydrogens is 1280 g/mol. The molecule has 19 heteroatoms. The summed E-state index contributed by atoms with van der Waals surface area (Å²) in [4.78, 5) is 72.9. The van der Waals surface area contributed by atoms with Crippen molar-refractivity contribution in [3.63, 3.8) is 0 Å². The largest absolute Gasteiger partial charge is 0.472 e. The molecule has 0 aliphatic carbocycles. The summed E-state index contributed by atoms with van der Waals surface area (Å²) in [6.07, 6.45) is 69.4. The molecule has 0 radical (unpaired) electrons. The quantitative estimate of drug-likeness (QED) is 0.0169. The highest BCUT2D eigenvalue weighted by Gasteiger charge is 2.30. The summed E-state index contributed by atoms with van der Waals surface area (Å²) in [5.41, 5.74) is 0. The molecule has 0 aliphatic heterocycles. The third kappa shape index (κ3) is 71.4. The molecule has 5 atom stereocenters. The van der Waals surface area contributed by atoms with Crippen molar-refractivity contribution in [2.24, 2.45) is 0 Å². The molecule has 0 spiro atoms. The Morgan fingerprint density at radius 2 is 0.469 bits per heavy atom. The van der Waals surface area contributed by atoms with E-state index in [0.717, 1.165) is 154 Å². The van der Waals surface area contributed by atoms with Crippen molar-refractivity contribution >= 4 is 39.5 Å². The van der Waals surface area contributed by atoms with Crippen LogP contribution < -0.4 is 0 Å². The van der Waals surface area contributed by atoms with E-state index >= 15 is 0 Å². The van der Waals surface area contributed by atoms with E-state index in [2.05, 4.69) is 76.3 Å². The molecule has 3 N–H and O–H groups in total. The van der Waals surface area contributed by atoms with Crippen LogP contribution in [0.3, 0.4) is 0 Å². The zero-order chi connectivity index (χ0) is 71.8. The Bertz CT molecular complexity index is 2050. The van der Waals surface area contributed by atoms with E-state index in [-0.39, 0.29) is 25.7 Å². The van der Waals surface area contributed by atoms with Gasteiger partial charge in [-0.1, -0.05) is 269 Å². The van der Waals surface area contributed by atoms with Gasteiger partial charge in [-0.3, -0.25) is 37.3 Å². The predicted molar refractivity (Wildman–Crippen MR) is 400 cm³/mol. The summed E-state index contributed by atoms with van der Waals surface area (Å²) in [6.45, 7) is 4.88. The molecule has 0 aliphatic rings. The minimum absolute atomic E-state index is 0.0884. The SMILES string of the molecule is CCCCCC/C=C\CCCCCCCCCC(=O)OC[C@H](COP(=O)(O)OC[C@@H](O)COP(=O)(O)OC[C@@H](COC(=O)CCCCCCC/C=C\CCCCCC)OC(=O)CCCCCCC/C=C\CCCCCCCC)OC(=O)CCCCCCC/C=C\CCCCCCCC. The minimum Gasteiger partial charge on any atom is -0.462 e. The smallest absolute Gasteiger partial charge is 0.462 e. The van der Waals surface area contributed by atoms with Gasteiger partial charge in [0.25, 0.3) is 0 Å². The fraction of sp³-hybridized carbons (Fsp3) is 0.848. The van der Waals surface area contributed by atoms with Crippen molar-refractivity contribution in [3.05, 3.63) is 48.6 Å². The summed E-state index contributed by atoms with van der Waals surface area (Å²) in [5.74, 6) is -2.17. The highest BCUT2D eigenvalue weighted by molar-refractivity contribution is 7.47. The summed E-state index contributed by atoms with van der Waals surface area (Å²) in [5, 5.41) is 10.6. The summed E-state index contributed by atoms with van der Waals surface area (Å²) < 4.78 is 68.6. The van der Waals surface area contributed by atoms with Crippen LogP contribution in [-0.2, 0) is 65.4 Å². The number of phosphoric acid groups is 2. The van der Waals surface area contributed by atoms with Crippen molar-refractivity contribution in [1.82, 2.24) is 0 Å². The molecule has 0 bridgehead atoms. The van der Waals surface area contributed by atoms with E-state index in [9.17, 15) is 43.2 Å². The molecule has 0 aromatic heterocycles. The lowest BCUT2D eigenvalue weighted by atomic mass is 10.1. The molecule has 2 unspecified atom stereocenters. The second kappa shape index (κ2) is 72.4. The molecule has 0 fully saturated rings. The maximum absolute atomic E-state index is 13.1. The Kier molecular flexibility index (Phi) is 70.2. The van der Waals surface area contributed by atoms with Crippen molar-refractivity contribution in [1.29, 1.82) is 0 Å². The zero-order valence-electron chi connectivity index (χ0n) is 62.7. The number of rotatable bonds is 76. The predicted octanol–water partition coefficient (Wildman–Crippen LogP) is 22.9. The van der Waals surface area contributed by atoms with Crippen LogP contribution in [0.25, 0.3) is 0 Å². The number of phosphoric ester groups is 2. The van der Waals surface area contributed by atoms with Gasteiger partial charge in [-0.15, -0.1) is 0 Å². The van der Waals surface area contributed by atoms with E-state index in [1.165, 1.54) is 141 Å². The molecule has 17 nitrogen and oxygen atoms in total. The van der Waals surface area contributed by atoms with Crippen LogP contribution in [-0.4, -0.2) is 96.7 Å². The van der Waals surface area contributed by atoms with E-state index in [1.807, 2.05) is 0 Å². The zero-order valence-corrected chi connectivity index (χ0v) is 64.5. The lowest BCUT2D eigenvalue weighted by molar-refractivity contribution is -0.161. The van der Waals surface area contributed by atoms with Crippen LogP contribution in [0.2, 0.25) is 0 Å². The maximum atomic E-state index is 13.1. The first-order chi connectivity index (χ1) is 47.7. The number of carbonyl (C=O) groups excluding carboxylic acids is 4. The van der Waals surface area contributed by atoms with E-state index < -0.39 is 97.5 Å². The highest BCUT2D eigenvalue weighted by Crippen LogP contribution is 2.45. The molecule has 0 amide bonds. The van der Waals surface area contributed by atoms with Crippen LogP contribution >= 0.6 is 15.6 Å². The highest BCUT2D eigenvalue weighted by atomic mass is 31.2. The van der Waals surface area contributed by atoms with Gasteiger partial charge in [-0.05, 0) is 128 Å². The van der Waals surface area contributed by atoms with Crippen LogP contribution in [0.15, 0.2) is 48.6 Å². The lowest BCUT2D eigenvalue weighted by Crippen LogP contribution is -2.30. The van der Waals surface area contributed by atoms with Crippen molar-refractivity contribution in [2.45, 2.75) is 393 Å². The first-order valence-corrected chi connectivity index (χ1v) is 42.9. The monoisotopic (exact) mass is 1430 g/mol. The fourth-order valence-corrected chi connectivity index (χ4v) is 12.7. The first-order valence-electron chi connectivity index (χ1n) is 39.9. The van der Waals surface area contributed by atoms with E-state index in [1.54, 1.807) is 0 Å². The third-order valence-corrected chi connectivity index (χ3v) is 19.1.